The summed E-state index contributed by atoms with van der Waals surface area (Å²) in [5.74, 6) is 0.0292. The van der Waals surface area contributed by atoms with E-state index in [4.69, 9.17) is 10.5 Å². The van der Waals surface area contributed by atoms with Gasteiger partial charge in [0.25, 0.3) is 5.91 Å². The predicted molar refractivity (Wildman–Crippen MR) is 118 cm³/mol. The van der Waals surface area contributed by atoms with E-state index in [1.807, 2.05) is 35.9 Å². The molecule has 4 rings (SSSR count). The summed E-state index contributed by atoms with van der Waals surface area (Å²) in [7, 11) is 0. The number of anilines is 1. The van der Waals surface area contributed by atoms with Crippen molar-refractivity contribution in [1.29, 1.82) is 0 Å². The second-order valence-electron chi connectivity index (χ2n) is 7.26. The van der Waals surface area contributed by atoms with Crippen LogP contribution in [0.1, 0.15) is 27.2 Å². The Labute approximate surface area is 179 Å². The molecular formula is C24H22N4O3. The van der Waals surface area contributed by atoms with Gasteiger partial charge in [-0.3, -0.25) is 9.59 Å². The number of aromatic nitrogens is 2. The minimum absolute atomic E-state index is 0.171. The summed E-state index contributed by atoms with van der Waals surface area (Å²) in [4.78, 5) is 28.0. The van der Waals surface area contributed by atoms with E-state index in [0.29, 0.717) is 23.6 Å². The number of imidazole rings is 1. The number of amides is 2. The highest BCUT2D eigenvalue weighted by Gasteiger charge is 2.08. The van der Waals surface area contributed by atoms with Crippen LogP contribution in [0, 0.1) is 6.92 Å². The van der Waals surface area contributed by atoms with Crippen LogP contribution in [0.5, 0.6) is 5.75 Å². The van der Waals surface area contributed by atoms with E-state index >= 15 is 0 Å². The number of carbonyl (C=O) groups excluding carboxylic acids is 2. The number of ether oxygens (including phenoxy) is 1. The number of nitrogens with one attached hydrogen (secondary N) is 1. The molecule has 0 saturated heterocycles. The van der Waals surface area contributed by atoms with Crippen molar-refractivity contribution in [2.75, 3.05) is 5.32 Å². The van der Waals surface area contributed by atoms with Crippen LogP contribution < -0.4 is 15.8 Å². The zero-order valence-electron chi connectivity index (χ0n) is 17.0. The van der Waals surface area contributed by atoms with Gasteiger partial charge in [0, 0.05) is 23.6 Å². The summed E-state index contributed by atoms with van der Waals surface area (Å²) >= 11 is 0. The number of rotatable bonds is 7. The molecule has 2 heterocycles. The molecule has 0 aliphatic heterocycles. The predicted octanol–water partition coefficient (Wildman–Crippen LogP) is 3.50. The molecule has 0 spiro atoms. The number of fused-ring (bicyclic) bond motifs is 1. The number of primary amides is 1. The van der Waals surface area contributed by atoms with Crippen LogP contribution in [0.3, 0.4) is 0 Å². The molecule has 4 aromatic rings. The maximum absolute atomic E-state index is 12.5. The molecule has 2 aromatic carbocycles. The quantitative estimate of drug-likeness (QED) is 0.483. The standard InChI is InChI=1S/C24H22N4O3/c1-16-3-2-12-28-14-20(26-23(16)28)15-31-21-10-6-18(7-11-21)24(30)27-19-8-4-17(5-9-19)13-22(25)29/h2-12,14H,13,15H2,1H3,(H2,25,29)(H,27,30). The fourth-order valence-electron chi connectivity index (χ4n) is 3.24. The van der Waals surface area contributed by atoms with Gasteiger partial charge in [0.15, 0.2) is 0 Å². The van der Waals surface area contributed by atoms with Gasteiger partial charge >= 0.3 is 0 Å². The van der Waals surface area contributed by atoms with Crippen LogP contribution in [0.2, 0.25) is 0 Å². The minimum Gasteiger partial charge on any atom is -0.487 e. The molecule has 0 atom stereocenters. The van der Waals surface area contributed by atoms with Crippen molar-refractivity contribution in [3.8, 4) is 5.75 Å². The number of hydrogen-bond donors (Lipinski definition) is 2. The number of pyridine rings is 1. The van der Waals surface area contributed by atoms with Gasteiger partial charge in [0.1, 0.15) is 18.0 Å². The van der Waals surface area contributed by atoms with Gasteiger partial charge in [-0.1, -0.05) is 18.2 Å². The van der Waals surface area contributed by atoms with Gasteiger partial charge < -0.3 is 20.2 Å². The van der Waals surface area contributed by atoms with Crippen LogP contribution in [0.15, 0.2) is 73.1 Å². The second-order valence-corrected chi connectivity index (χ2v) is 7.26. The van der Waals surface area contributed by atoms with Crippen molar-refractivity contribution >= 4 is 23.1 Å². The topological polar surface area (TPSA) is 98.7 Å². The van der Waals surface area contributed by atoms with Crippen molar-refractivity contribution in [2.45, 2.75) is 20.0 Å². The van der Waals surface area contributed by atoms with Crippen LogP contribution in [0.25, 0.3) is 5.65 Å². The maximum atomic E-state index is 12.5. The van der Waals surface area contributed by atoms with E-state index in [-0.39, 0.29) is 12.3 Å². The number of nitrogens with two attached hydrogens (primary N) is 1. The Kier molecular flexibility index (Phi) is 5.66. The summed E-state index contributed by atoms with van der Waals surface area (Å²) in [5.41, 5.74) is 9.98. The fourth-order valence-corrected chi connectivity index (χ4v) is 3.24. The Morgan fingerprint density at radius 3 is 2.48 bits per heavy atom. The average Bonchev–Trinajstić information content (AvgIpc) is 3.18. The molecule has 7 heteroatoms. The Bertz CT molecular complexity index is 1230. The first kappa shape index (κ1) is 20.2. The smallest absolute Gasteiger partial charge is 0.255 e. The molecule has 7 nitrogen and oxygen atoms in total. The Balaban J connectivity index is 1.35. The highest BCUT2D eigenvalue weighted by atomic mass is 16.5. The van der Waals surface area contributed by atoms with E-state index in [2.05, 4.69) is 10.3 Å². The molecule has 2 amide bonds. The van der Waals surface area contributed by atoms with E-state index in [9.17, 15) is 9.59 Å². The molecule has 0 unspecified atom stereocenters. The lowest BCUT2D eigenvalue weighted by atomic mass is 10.1. The molecule has 0 radical (unpaired) electrons. The Hall–Kier alpha value is -4.13. The largest absolute Gasteiger partial charge is 0.487 e. The SMILES string of the molecule is Cc1cccn2cc(COc3ccc(C(=O)Nc4ccc(CC(N)=O)cc4)cc3)nc12. The van der Waals surface area contributed by atoms with Crippen molar-refractivity contribution in [3.63, 3.8) is 0 Å². The lowest BCUT2D eigenvalue weighted by Crippen LogP contribution is -2.14. The van der Waals surface area contributed by atoms with Gasteiger partial charge in [-0.05, 0) is 60.5 Å². The van der Waals surface area contributed by atoms with Crippen LogP contribution in [0.4, 0.5) is 5.69 Å². The van der Waals surface area contributed by atoms with Crippen molar-refractivity contribution in [3.05, 3.63) is 95.4 Å². The van der Waals surface area contributed by atoms with E-state index in [1.54, 1.807) is 48.5 Å². The molecule has 2 aromatic heterocycles. The fraction of sp³-hybridized carbons (Fsp3) is 0.125. The van der Waals surface area contributed by atoms with Gasteiger partial charge in [0.2, 0.25) is 5.91 Å². The van der Waals surface area contributed by atoms with Crippen molar-refractivity contribution < 1.29 is 14.3 Å². The summed E-state index contributed by atoms with van der Waals surface area (Å²) in [5, 5.41) is 2.83. The van der Waals surface area contributed by atoms with E-state index in [1.165, 1.54) is 0 Å². The van der Waals surface area contributed by atoms with Crippen LogP contribution in [-0.4, -0.2) is 21.2 Å². The molecule has 0 fully saturated rings. The molecule has 156 valence electrons. The van der Waals surface area contributed by atoms with Gasteiger partial charge in [-0.25, -0.2) is 4.98 Å². The summed E-state index contributed by atoms with van der Waals surface area (Å²) in [6, 6.07) is 17.9. The normalized spacial score (nSPS) is 10.7. The Morgan fingerprint density at radius 2 is 1.81 bits per heavy atom. The third-order valence-electron chi connectivity index (χ3n) is 4.82. The Morgan fingerprint density at radius 1 is 1.06 bits per heavy atom. The number of benzene rings is 2. The lowest BCUT2D eigenvalue weighted by molar-refractivity contribution is -0.117. The first-order valence-corrected chi connectivity index (χ1v) is 9.82. The summed E-state index contributed by atoms with van der Waals surface area (Å²) < 4.78 is 7.79. The number of carbonyl (C=O) groups is 2. The first-order chi connectivity index (χ1) is 15.0. The van der Waals surface area contributed by atoms with Crippen molar-refractivity contribution in [1.82, 2.24) is 9.38 Å². The molecule has 3 N–H and O–H groups in total. The van der Waals surface area contributed by atoms with Crippen LogP contribution in [-0.2, 0) is 17.8 Å². The molecule has 0 bridgehead atoms. The minimum atomic E-state index is -0.393. The first-order valence-electron chi connectivity index (χ1n) is 9.82. The third kappa shape index (κ3) is 4.90. The van der Waals surface area contributed by atoms with Crippen molar-refractivity contribution in [2.24, 2.45) is 5.73 Å². The van der Waals surface area contributed by atoms with Crippen LogP contribution >= 0.6 is 0 Å². The molecule has 31 heavy (non-hydrogen) atoms. The maximum Gasteiger partial charge on any atom is 0.255 e. The molecule has 0 aliphatic carbocycles. The number of aryl methyl sites for hydroxylation is 1. The summed E-state index contributed by atoms with van der Waals surface area (Å²) in [6.45, 7) is 2.36. The zero-order chi connectivity index (χ0) is 21.8. The molecule has 0 aliphatic rings. The highest BCUT2D eigenvalue weighted by molar-refractivity contribution is 6.04. The second kappa shape index (κ2) is 8.71. The van der Waals surface area contributed by atoms with Gasteiger partial charge in [-0.15, -0.1) is 0 Å². The average molecular weight is 414 g/mol. The monoisotopic (exact) mass is 414 g/mol. The molecular weight excluding hydrogens is 392 g/mol. The third-order valence-corrected chi connectivity index (χ3v) is 4.82. The summed E-state index contributed by atoms with van der Waals surface area (Å²) in [6.07, 6.45) is 4.07. The lowest BCUT2D eigenvalue weighted by Gasteiger charge is -2.08. The van der Waals surface area contributed by atoms with Gasteiger partial charge in [-0.2, -0.15) is 0 Å². The molecule has 0 saturated carbocycles. The zero-order valence-corrected chi connectivity index (χ0v) is 17.0. The number of hydrogen-bond acceptors (Lipinski definition) is 4. The van der Waals surface area contributed by atoms with Gasteiger partial charge in [0.05, 0.1) is 12.1 Å². The van der Waals surface area contributed by atoms with E-state index < -0.39 is 5.91 Å². The number of nitrogens with zero attached hydrogens (tertiary/aromatic N) is 2. The van der Waals surface area contributed by atoms with E-state index in [0.717, 1.165) is 22.5 Å². The highest BCUT2D eigenvalue weighted by Crippen LogP contribution is 2.17.